The summed E-state index contributed by atoms with van der Waals surface area (Å²) in [6.07, 6.45) is 0. The molecule has 2 rings (SSSR count). The first-order chi connectivity index (χ1) is 10.9. The SMILES string of the molecule is COc1ccc(C)cc1NC(=O)[C@@H](C)Sc1ccc(F)cc1F. The molecule has 0 aliphatic carbocycles. The maximum absolute atomic E-state index is 13.7. The molecule has 0 fully saturated rings. The zero-order chi connectivity index (χ0) is 17.0. The summed E-state index contributed by atoms with van der Waals surface area (Å²) in [6.45, 7) is 3.56. The van der Waals surface area contributed by atoms with Crippen molar-refractivity contribution in [3.63, 3.8) is 0 Å². The van der Waals surface area contributed by atoms with E-state index in [2.05, 4.69) is 5.32 Å². The van der Waals surface area contributed by atoms with Gasteiger partial charge in [-0.25, -0.2) is 8.78 Å². The van der Waals surface area contributed by atoms with E-state index in [0.717, 1.165) is 23.4 Å². The van der Waals surface area contributed by atoms with Gasteiger partial charge in [0.15, 0.2) is 0 Å². The molecule has 0 spiro atoms. The lowest BCUT2D eigenvalue weighted by Crippen LogP contribution is -2.22. The summed E-state index contributed by atoms with van der Waals surface area (Å²) in [4.78, 5) is 12.5. The Bertz CT molecular complexity index is 722. The molecule has 1 N–H and O–H groups in total. The van der Waals surface area contributed by atoms with Crippen LogP contribution in [0.5, 0.6) is 5.75 Å². The van der Waals surface area contributed by atoms with E-state index in [4.69, 9.17) is 4.74 Å². The fraction of sp³-hybridized carbons (Fsp3) is 0.235. The summed E-state index contributed by atoms with van der Waals surface area (Å²) >= 11 is 1.03. The van der Waals surface area contributed by atoms with Gasteiger partial charge in [-0.05, 0) is 43.7 Å². The van der Waals surface area contributed by atoms with Gasteiger partial charge < -0.3 is 10.1 Å². The van der Waals surface area contributed by atoms with Gasteiger partial charge in [0.2, 0.25) is 5.91 Å². The van der Waals surface area contributed by atoms with Crippen LogP contribution in [0, 0.1) is 18.6 Å². The minimum Gasteiger partial charge on any atom is -0.495 e. The highest BCUT2D eigenvalue weighted by molar-refractivity contribution is 8.00. The molecule has 122 valence electrons. The van der Waals surface area contributed by atoms with Crippen LogP contribution >= 0.6 is 11.8 Å². The van der Waals surface area contributed by atoms with E-state index in [1.165, 1.54) is 19.2 Å². The molecule has 0 bridgehead atoms. The van der Waals surface area contributed by atoms with Gasteiger partial charge in [-0.15, -0.1) is 11.8 Å². The molecule has 0 aromatic heterocycles. The average molecular weight is 337 g/mol. The number of benzene rings is 2. The highest BCUT2D eigenvalue weighted by atomic mass is 32.2. The maximum Gasteiger partial charge on any atom is 0.237 e. The Labute approximate surface area is 138 Å². The second kappa shape index (κ2) is 7.46. The van der Waals surface area contributed by atoms with Crippen LogP contribution in [0.15, 0.2) is 41.3 Å². The van der Waals surface area contributed by atoms with Crippen molar-refractivity contribution in [2.24, 2.45) is 0 Å². The first kappa shape index (κ1) is 17.3. The molecular formula is C17H17F2NO2S. The number of hydrogen-bond acceptors (Lipinski definition) is 3. The van der Waals surface area contributed by atoms with Crippen molar-refractivity contribution < 1.29 is 18.3 Å². The number of ether oxygens (including phenoxy) is 1. The van der Waals surface area contributed by atoms with Crippen LogP contribution in [-0.2, 0) is 4.79 Å². The number of anilines is 1. The molecule has 0 radical (unpaired) electrons. The number of methoxy groups -OCH3 is 1. The largest absolute Gasteiger partial charge is 0.495 e. The Balaban J connectivity index is 2.10. The Kier molecular flexibility index (Phi) is 5.60. The van der Waals surface area contributed by atoms with E-state index in [1.807, 2.05) is 13.0 Å². The fourth-order valence-electron chi connectivity index (χ4n) is 1.97. The number of amides is 1. The summed E-state index contributed by atoms with van der Waals surface area (Å²) < 4.78 is 31.8. The molecular weight excluding hydrogens is 320 g/mol. The number of carbonyl (C=O) groups excluding carboxylic acids is 1. The van der Waals surface area contributed by atoms with Crippen molar-refractivity contribution in [2.75, 3.05) is 12.4 Å². The minimum absolute atomic E-state index is 0.227. The maximum atomic E-state index is 13.7. The van der Waals surface area contributed by atoms with Crippen molar-refractivity contribution in [2.45, 2.75) is 24.0 Å². The van der Waals surface area contributed by atoms with Crippen LogP contribution in [0.3, 0.4) is 0 Å². The number of hydrogen-bond donors (Lipinski definition) is 1. The molecule has 0 aliphatic heterocycles. The summed E-state index contributed by atoms with van der Waals surface area (Å²) in [5.74, 6) is -1.06. The quantitative estimate of drug-likeness (QED) is 0.822. The standard InChI is InChI=1S/C17H17F2NO2S/c1-10-4-6-15(22-3)14(8-10)20-17(21)11(2)23-16-7-5-12(18)9-13(16)19/h4-9,11H,1-3H3,(H,20,21)/t11-/m1/s1. The summed E-state index contributed by atoms with van der Waals surface area (Å²) in [5.41, 5.74) is 1.54. The monoisotopic (exact) mass is 337 g/mol. The fourth-order valence-corrected chi connectivity index (χ4v) is 2.83. The van der Waals surface area contributed by atoms with Gasteiger partial charge >= 0.3 is 0 Å². The lowest BCUT2D eigenvalue weighted by atomic mass is 10.2. The molecule has 0 heterocycles. The van der Waals surface area contributed by atoms with Crippen molar-refractivity contribution in [1.29, 1.82) is 0 Å². The highest BCUT2D eigenvalue weighted by Crippen LogP contribution is 2.29. The zero-order valence-electron chi connectivity index (χ0n) is 13.0. The number of carbonyl (C=O) groups is 1. The Morgan fingerprint density at radius 3 is 2.61 bits per heavy atom. The zero-order valence-corrected chi connectivity index (χ0v) is 13.8. The molecule has 0 saturated carbocycles. The topological polar surface area (TPSA) is 38.3 Å². The molecule has 0 unspecified atom stereocenters. The first-order valence-electron chi connectivity index (χ1n) is 6.98. The van der Waals surface area contributed by atoms with Gasteiger partial charge in [0.1, 0.15) is 17.4 Å². The highest BCUT2D eigenvalue weighted by Gasteiger charge is 2.18. The third-order valence-electron chi connectivity index (χ3n) is 3.18. The Morgan fingerprint density at radius 1 is 1.22 bits per heavy atom. The normalized spacial score (nSPS) is 11.9. The molecule has 1 atom stereocenters. The minimum atomic E-state index is -0.678. The summed E-state index contributed by atoms with van der Waals surface area (Å²) in [7, 11) is 1.52. The van der Waals surface area contributed by atoms with Crippen molar-refractivity contribution in [1.82, 2.24) is 0 Å². The van der Waals surface area contributed by atoms with Crippen molar-refractivity contribution in [3.05, 3.63) is 53.6 Å². The van der Waals surface area contributed by atoms with Crippen LogP contribution in [-0.4, -0.2) is 18.3 Å². The van der Waals surface area contributed by atoms with Crippen LogP contribution < -0.4 is 10.1 Å². The third kappa shape index (κ3) is 4.45. The number of thioether (sulfide) groups is 1. The molecule has 3 nitrogen and oxygen atoms in total. The van der Waals surface area contributed by atoms with Crippen LogP contribution in [0.1, 0.15) is 12.5 Å². The number of aryl methyl sites for hydroxylation is 1. The van der Waals surface area contributed by atoms with Gasteiger partial charge in [-0.3, -0.25) is 4.79 Å². The smallest absolute Gasteiger partial charge is 0.237 e. The van der Waals surface area contributed by atoms with Gasteiger partial charge in [-0.2, -0.15) is 0 Å². The third-order valence-corrected chi connectivity index (χ3v) is 4.33. The molecule has 2 aromatic carbocycles. The van der Waals surface area contributed by atoms with E-state index in [-0.39, 0.29) is 10.8 Å². The average Bonchev–Trinajstić information content (AvgIpc) is 2.50. The lowest BCUT2D eigenvalue weighted by molar-refractivity contribution is -0.115. The van der Waals surface area contributed by atoms with Gasteiger partial charge in [-0.1, -0.05) is 6.07 Å². The molecule has 6 heteroatoms. The van der Waals surface area contributed by atoms with Crippen molar-refractivity contribution in [3.8, 4) is 5.75 Å². The van der Waals surface area contributed by atoms with Crippen LogP contribution in [0.25, 0.3) is 0 Å². The summed E-state index contributed by atoms with van der Waals surface area (Å²) in [5, 5.41) is 2.22. The summed E-state index contributed by atoms with van der Waals surface area (Å²) in [6, 6.07) is 8.73. The van der Waals surface area contributed by atoms with Gasteiger partial charge in [0.25, 0.3) is 0 Å². The molecule has 2 aromatic rings. The second-order valence-corrected chi connectivity index (χ2v) is 6.41. The lowest BCUT2D eigenvalue weighted by Gasteiger charge is -2.15. The van der Waals surface area contributed by atoms with Gasteiger partial charge in [0, 0.05) is 11.0 Å². The predicted molar refractivity (Wildman–Crippen MR) is 88.0 cm³/mol. The molecule has 1 amide bonds. The van der Waals surface area contributed by atoms with Crippen LogP contribution in [0.4, 0.5) is 14.5 Å². The number of halogens is 2. The van der Waals surface area contributed by atoms with Gasteiger partial charge in [0.05, 0.1) is 18.0 Å². The number of nitrogens with one attached hydrogen (secondary N) is 1. The molecule has 0 saturated heterocycles. The second-order valence-electron chi connectivity index (χ2n) is 5.03. The van der Waals surface area contributed by atoms with Crippen LogP contribution in [0.2, 0.25) is 0 Å². The van der Waals surface area contributed by atoms with Crippen molar-refractivity contribution >= 4 is 23.4 Å². The van der Waals surface area contributed by atoms with E-state index in [9.17, 15) is 13.6 Å². The Hall–Kier alpha value is -2.08. The van der Waals surface area contributed by atoms with E-state index in [1.54, 1.807) is 19.1 Å². The molecule has 23 heavy (non-hydrogen) atoms. The number of rotatable bonds is 5. The van der Waals surface area contributed by atoms with E-state index in [0.29, 0.717) is 11.4 Å². The Morgan fingerprint density at radius 2 is 1.96 bits per heavy atom. The first-order valence-corrected chi connectivity index (χ1v) is 7.86. The predicted octanol–water partition coefficient (Wildman–Crippen LogP) is 4.40. The molecule has 0 aliphatic rings. The van der Waals surface area contributed by atoms with E-state index >= 15 is 0 Å². The van der Waals surface area contributed by atoms with E-state index < -0.39 is 16.9 Å².